The SMILES string of the molecule is c1ccc(-c2ccc(N(c3ccccc3)c3ccc(-c4cccc(-n5c6cccc(-c7cccc(-c8ccccc8)c7)c6c6c7ccccc7ccc65)c4)cc3)cc2)cc1. The Bertz CT molecular complexity index is 3270. The second-order valence-corrected chi connectivity index (χ2v) is 15.3. The Labute approximate surface area is 350 Å². The lowest BCUT2D eigenvalue weighted by atomic mass is 9.94. The summed E-state index contributed by atoms with van der Waals surface area (Å²) in [4.78, 5) is 2.32. The van der Waals surface area contributed by atoms with Crippen LogP contribution >= 0.6 is 0 Å². The van der Waals surface area contributed by atoms with Gasteiger partial charge in [0.25, 0.3) is 0 Å². The predicted octanol–water partition coefficient (Wildman–Crippen LogP) is 16.1. The van der Waals surface area contributed by atoms with Gasteiger partial charge < -0.3 is 9.47 Å². The highest BCUT2D eigenvalue weighted by molar-refractivity contribution is 6.25. The van der Waals surface area contributed by atoms with Crippen LogP contribution in [0.3, 0.4) is 0 Å². The van der Waals surface area contributed by atoms with E-state index in [-0.39, 0.29) is 0 Å². The molecule has 10 aromatic carbocycles. The third kappa shape index (κ3) is 6.32. The van der Waals surface area contributed by atoms with Crippen LogP contribution in [0.25, 0.3) is 82.8 Å². The molecule has 60 heavy (non-hydrogen) atoms. The van der Waals surface area contributed by atoms with Crippen molar-refractivity contribution < 1.29 is 0 Å². The molecule has 11 aromatic rings. The van der Waals surface area contributed by atoms with Crippen LogP contribution in [-0.2, 0) is 0 Å². The predicted molar refractivity (Wildman–Crippen MR) is 255 cm³/mol. The molecular formula is C58H40N2. The second kappa shape index (κ2) is 15.1. The molecule has 0 bridgehead atoms. The highest BCUT2D eigenvalue weighted by Crippen LogP contribution is 2.43. The summed E-state index contributed by atoms with van der Waals surface area (Å²) in [6, 6.07) is 87.7. The fourth-order valence-electron chi connectivity index (χ4n) is 8.93. The zero-order valence-electron chi connectivity index (χ0n) is 33.0. The monoisotopic (exact) mass is 764 g/mol. The Kier molecular flexibility index (Phi) is 8.87. The van der Waals surface area contributed by atoms with Crippen LogP contribution in [-0.4, -0.2) is 4.57 Å². The van der Waals surface area contributed by atoms with Crippen molar-refractivity contribution in [3.8, 4) is 50.2 Å². The molecule has 1 heterocycles. The molecule has 0 amide bonds. The van der Waals surface area contributed by atoms with Gasteiger partial charge in [0.1, 0.15) is 0 Å². The molecule has 2 heteroatoms. The highest BCUT2D eigenvalue weighted by atomic mass is 15.1. The lowest BCUT2D eigenvalue weighted by Crippen LogP contribution is -2.09. The average Bonchev–Trinajstić information content (AvgIpc) is 3.68. The number of hydrogen-bond donors (Lipinski definition) is 0. The van der Waals surface area contributed by atoms with Gasteiger partial charge in [-0.25, -0.2) is 0 Å². The zero-order valence-corrected chi connectivity index (χ0v) is 33.0. The first kappa shape index (κ1) is 35.2. The third-order valence-corrected chi connectivity index (χ3v) is 11.8. The molecule has 0 radical (unpaired) electrons. The van der Waals surface area contributed by atoms with E-state index in [0.717, 1.165) is 28.3 Å². The fourth-order valence-corrected chi connectivity index (χ4v) is 8.93. The molecule has 0 saturated heterocycles. The smallest absolute Gasteiger partial charge is 0.0547 e. The first-order valence-electron chi connectivity index (χ1n) is 20.6. The van der Waals surface area contributed by atoms with Gasteiger partial charge in [0.15, 0.2) is 0 Å². The van der Waals surface area contributed by atoms with Gasteiger partial charge in [-0.15, -0.1) is 0 Å². The molecule has 0 spiro atoms. The number of para-hydroxylation sites is 1. The highest BCUT2D eigenvalue weighted by Gasteiger charge is 2.19. The Morgan fingerprint density at radius 1 is 0.283 bits per heavy atom. The largest absolute Gasteiger partial charge is 0.311 e. The van der Waals surface area contributed by atoms with Crippen LogP contribution in [0.4, 0.5) is 17.1 Å². The summed E-state index contributed by atoms with van der Waals surface area (Å²) >= 11 is 0. The summed E-state index contributed by atoms with van der Waals surface area (Å²) < 4.78 is 2.45. The number of anilines is 3. The standard InChI is InChI=1S/C58H40N2/c1-4-15-41(16-5-1)43-29-34-50(35-30-43)59(49-23-8-3-9-24-49)51-36-31-44(32-37-51)47-21-13-25-52(40-47)60-55-28-14-27-54(48-22-12-20-46(39-48)42-17-6-2-7-18-42)58(55)57-53-26-11-10-19-45(53)33-38-56(57)60/h1-40H. The van der Waals surface area contributed by atoms with Gasteiger partial charge in [0.2, 0.25) is 0 Å². The maximum Gasteiger partial charge on any atom is 0.0547 e. The second-order valence-electron chi connectivity index (χ2n) is 15.3. The van der Waals surface area contributed by atoms with E-state index in [1.54, 1.807) is 0 Å². The molecule has 0 aliphatic rings. The molecule has 0 N–H and O–H groups in total. The minimum absolute atomic E-state index is 1.10. The molecule has 0 aliphatic carbocycles. The fraction of sp³-hybridized carbons (Fsp3) is 0. The molecule has 0 saturated carbocycles. The van der Waals surface area contributed by atoms with Crippen molar-refractivity contribution in [2.45, 2.75) is 0 Å². The van der Waals surface area contributed by atoms with E-state index in [2.05, 4.69) is 252 Å². The maximum absolute atomic E-state index is 2.45. The minimum atomic E-state index is 1.10. The molecule has 0 unspecified atom stereocenters. The number of rotatable bonds is 8. The first-order chi connectivity index (χ1) is 29.8. The molecule has 1 aromatic heterocycles. The van der Waals surface area contributed by atoms with E-state index in [4.69, 9.17) is 0 Å². The van der Waals surface area contributed by atoms with E-state index in [1.165, 1.54) is 71.5 Å². The van der Waals surface area contributed by atoms with E-state index < -0.39 is 0 Å². The molecular weight excluding hydrogens is 725 g/mol. The molecule has 0 aliphatic heterocycles. The van der Waals surface area contributed by atoms with E-state index in [1.807, 2.05) is 0 Å². The molecule has 11 rings (SSSR count). The maximum atomic E-state index is 2.45. The topological polar surface area (TPSA) is 8.17 Å². The Morgan fingerprint density at radius 2 is 0.767 bits per heavy atom. The van der Waals surface area contributed by atoms with Crippen molar-refractivity contribution in [2.75, 3.05) is 4.90 Å². The number of hydrogen-bond acceptors (Lipinski definition) is 1. The average molecular weight is 765 g/mol. The molecule has 0 atom stereocenters. The van der Waals surface area contributed by atoms with E-state index in [9.17, 15) is 0 Å². The summed E-state index contributed by atoms with van der Waals surface area (Å²) in [7, 11) is 0. The van der Waals surface area contributed by atoms with Crippen molar-refractivity contribution in [1.82, 2.24) is 4.57 Å². The summed E-state index contributed by atoms with van der Waals surface area (Å²) in [5.41, 5.74) is 16.5. The van der Waals surface area contributed by atoms with Gasteiger partial charge >= 0.3 is 0 Å². The minimum Gasteiger partial charge on any atom is -0.311 e. The normalized spacial score (nSPS) is 11.3. The first-order valence-corrected chi connectivity index (χ1v) is 20.6. The van der Waals surface area contributed by atoms with Crippen molar-refractivity contribution in [3.05, 3.63) is 243 Å². The quantitative estimate of drug-likeness (QED) is 0.150. The summed E-state index contributed by atoms with van der Waals surface area (Å²) in [5, 5.41) is 5.04. The van der Waals surface area contributed by atoms with Crippen LogP contribution in [0.1, 0.15) is 0 Å². The summed E-state index contributed by atoms with van der Waals surface area (Å²) in [5.74, 6) is 0. The van der Waals surface area contributed by atoms with Gasteiger partial charge in [-0.05, 0) is 122 Å². The van der Waals surface area contributed by atoms with E-state index in [0.29, 0.717) is 0 Å². The van der Waals surface area contributed by atoms with Gasteiger partial charge in [-0.2, -0.15) is 0 Å². The lowest BCUT2D eigenvalue weighted by molar-refractivity contribution is 1.18. The lowest BCUT2D eigenvalue weighted by Gasteiger charge is -2.26. The van der Waals surface area contributed by atoms with Gasteiger partial charge in [-0.1, -0.05) is 176 Å². The van der Waals surface area contributed by atoms with Crippen molar-refractivity contribution >= 4 is 49.6 Å². The zero-order chi connectivity index (χ0) is 39.8. The van der Waals surface area contributed by atoms with Crippen molar-refractivity contribution in [1.29, 1.82) is 0 Å². The number of benzene rings is 10. The van der Waals surface area contributed by atoms with Crippen LogP contribution in [0.2, 0.25) is 0 Å². The molecule has 0 fully saturated rings. The Hall–Kier alpha value is -7.94. The van der Waals surface area contributed by atoms with Gasteiger partial charge in [0.05, 0.1) is 11.0 Å². The number of aromatic nitrogens is 1. The van der Waals surface area contributed by atoms with Gasteiger partial charge in [-0.3, -0.25) is 0 Å². The van der Waals surface area contributed by atoms with Crippen molar-refractivity contribution in [2.24, 2.45) is 0 Å². The Balaban J connectivity index is 1.01. The van der Waals surface area contributed by atoms with Crippen LogP contribution < -0.4 is 4.90 Å². The summed E-state index contributed by atoms with van der Waals surface area (Å²) in [6.07, 6.45) is 0. The number of nitrogens with zero attached hydrogens (tertiary/aromatic N) is 2. The third-order valence-electron chi connectivity index (χ3n) is 11.8. The van der Waals surface area contributed by atoms with Crippen LogP contribution in [0.5, 0.6) is 0 Å². The number of fused-ring (bicyclic) bond motifs is 5. The molecule has 282 valence electrons. The Morgan fingerprint density at radius 3 is 1.47 bits per heavy atom. The van der Waals surface area contributed by atoms with Crippen LogP contribution in [0, 0.1) is 0 Å². The van der Waals surface area contributed by atoms with E-state index >= 15 is 0 Å². The summed E-state index contributed by atoms with van der Waals surface area (Å²) in [6.45, 7) is 0. The molecule has 2 nitrogen and oxygen atoms in total. The van der Waals surface area contributed by atoms with Gasteiger partial charge in [0, 0.05) is 33.5 Å². The van der Waals surface area contributed by atoms with Crippen LogP contribution in [0.15, 0.2) is 243 Å². The van der Waals surface area contributed by atoms with Crippen molar-refractivity contribution in [3.63, 3.8) is 0 Å².